The lowest BCUT2D eigenvalue weighted by molar-refractivity contribution is 0.0226. The molecule has 2 atom stereocenters. The Morgan fingerprint density at radius 1 is 1.16 bits per heavy atom. The van der Waals surface area contributed by atoms with Crippen LogP contribution in [0, 0.1) is 0 Å². The third-order valence-electron chi connectivity index (χ3n) is 5.45. The highest BCUT2D eigenvalue weighted by atomic mass is 79.9. The molecule has 9 heteroatoms. The van der Waals surface area contributed by atoms with Crippen LogP contribution >= 0.6 is 55.0 Å². The third-order valence-corrected chi connectivity index (χ3v) is 9.17. The molecule has 5 nitrogen and oxygen atoms in total. The van der Waals surface area contributed by atoms with E-state index >= 15 is 0 Å². The highest BCUT2D eigenvalue weighted by molar-refractivity contribution is 9.11. The Kier molecular flexibility index (Phi) is 12.8. The Balaban J connectivity index is 1.54. The van der Waals surface area contributed by atoms with Crippen molar-refractivity contribution in [1.82, 2.24) is 0 Å². The maximum absolute atomic E-state index is 10.5. The summed E-state index contributed by atoms with van der Waals surface area (Å²) < 4.78 is 24.4. The number of hydrogen-bond donors (Lipinski definition) is 1. The summed E-state index contributed by atoms with van der Waals surface area (Å²) in [5.74, 6) is 2.28. The molecule has 0 saturated carbocycles. The van der Waals surface area contributed by atoms with Crippen LogP contribution < -0.4 is 9.47 Å². The van der Waals surface area contributed by atoms with Gasteiger partial charge in [0.15, 0.2) is 12.5 Å². The summed E-state index contributed by atoms with van der Waals surface area (Å²) in [5.41, 5.74) is 3.69. The summed E-state index contributed by atoms with van der Waals surface area (Å²) in [6.07, 6.45) is 6.56. The van der Waals surface area contributed by atoms with E-state index < -0.39 is 6.10 Å². The number of thiophene rings is 1. The third kappa shape index (κ3) is 8.25. The van der Waals surface area contributed by atoms with Gasteiger partial charge >= 0.3 is 0 Å². The predicted molar refractivity (Wildman–Crippen MR) is 162 cm³/mol. The van der Waals surface area contributed by atoms with Crippen LogP contribution in [0.1, 0.15) is 26.7 Å². The summed E-state index contributed by atoms with van der Waals surface area (Å²) >= 11 is 10.2. The first kappa shape index (κ1) is 30.1. The van der Waals surface area contributed by atoms with Gasteiger partial charge in [-0.1, -0.05) is 52.9 Å². The minimum atomic E-state index is -0.588. The molecule has 2 heterocycles. The van der Waals surface area contributed by atoms with Crippen molar-refractivity contribution < 1.29 is 24.1 Å². The molecule has 1 aliphatic heterocycles. The molecule has 0 radical (unpaired) electrons. The first-order valence-electron chi connectivity index (χ1n) is 12.0. The summed E-state index contributed by atoms with van der Waals surface area (Å²) in [6.45, 7) is 9.58. The van der Waals surface area contributed by atoms with Crippen molar-refractivity contribution in [3.05, 3.63) is 80.6 Å². The molecule has 0 spiro atoms. The van der Waals surface area contributed by atoms with Gasteiger partial charge in [-0.2, -0.15) is 0 Å². The minimum absolute atomic E-state index is 0.0510. The van der Waals surface area contributed by atoms with Gasteiger partial charge in [-0.05, 0) is 65.7 Å². The van der Waals surface area contributed by atoms with E-state index in [9.17, 15) is 5.11 Å². The van der Waals surface area contributed by atoms with Crippen molar-refractivity contribution in [1.29, 1.82) is 0 Å². The van der Waals surface area contributed by atoms with Crippen molar-refractivity contribution in [2.75, 3.05) is 26.6 Å². The van der Waals surface area contributed by atoms with E-state index in [-0.39, 0.29) is 11.0 Å². The first-order valence-corrected chi connectivity index (χ1v) is 15.5. The van der Waals surface area contributed by atoms with E-state index in [2.05, 4.69) is 43.8 Å². The van der Waals surface area contributed by atoms with Crippen LogP contribution in [-0.2, 0) is 9.47 Å². The standard InChI is InChI=1S/C28H32Br2O5S2/c1-4-11-23(19(5-2)21-16-36-27(29)25(21)31)33-14-9-10-15-34-24-13-8-7-12-20(24)22-17-37-28(30)26(22)35-18-32-6-3/h4-5,7-8,11-13,16-17,25,27,31H,1,6,9-10,14-15,18H2,2-3H3/b19-5-,23-11+. The second-order valence-electron chi connectivity index (χ2n) is 7.88. The molecular formula is C28H32Br2O5S2. The largest absolute Gasteiger partial charge is 0.493 e. The number of unbranched alkanes of at least 4 members (excludes halogenated alkanes) is 1. The van der Waals surface area contributed by atoms with Crippen LogP contribution in [0.3, 0.4) is 0 Å². The van der Waals surface area contributed by atoms with Crippen LogP contribution in [0.25, 0.3) is 11.1 Å². The topological polar surface area (TPSA) is 57.2 Å². The van der Waals surface area contributed by atoms with Crippen molar-refractivity contribution in [2.24, 2.45) is 0 Å². The number of alkyl halides is 1. The number of hydrogen-bond acceptors (Lipinski definition) is 7. The number of allylic oxidation sites excluding steroid dienone is 4. The number of halogens is 2. The zero-order valence-corrected chi connectivity index (χ0v) is 25.8. The van der Waals surface area contributed by atoms with E-state index in [1.165, 1.54) is 0 Å². The van der Waals surface area contributed by atoms with Crippen molar-refractivity contribution in [3.8, 4) is 22.6 Å². The Labute approximate surface area is 244 Å². The Hall–Kier alpha value is -1.49. The van der Waals surface area contributed by atoms with Crippen molar-refractivity contribution >= 4 is 55.0 Å². The molecule has 37 heavy (non-hydrogen) atoms. The van der Waals surface area contributed by atoms with Crippen molar-refractivity contribution in [2.45, 2.75) is 37.0 Å². The number of para-hydroxylation sites is 1. The zero-order chi connectivity index (χ0) is 26.6. The molecule has 0 amide bonds. The first-order chi connectivity index (χ1) is 18.0. The highest BCUT2D eigenvalue weighted by Crippen LogP contribution is 2.45. The monoisotopic (exact) mass is 670 g/mol. The molecule has 3 rings (SSSR count). The van der Waals surface area contributed by atoms with Gasteiger partial charge in [-0.25, -0.2) is 0 Å². The average Bonchev–Trinajstić information content (AvgIpc) is 3.43. The van der Waals surface area contributed by atoms with Crippen LogP contribution in [0.15, 0.2) is 80.6 Å². The maximum atomic E-state index is 10.5. The lowest BCUT2D eigenvalue weighted by Gasteiger charge is -2.18. The van der Waals surface area contributed by atoms with E-state index in [4.69, 9.17) is 18.9 Å². The van der Waals surface area contributed by atoms with Gasteiger partial charge in [0, 0.05) is 28.7 Å². The quantitative estimate of drug-likeness (QED) is 0.0674. The average molecular weight is 673 g/mol. The summed E-state index contributed by atoms with van der Waals surface area (Å²) in [7, 11) is 0. The fraction of sp³-hybridized carbons (Fsp3) is 0.357. The number of thioether (sulfide) groups is 1. The van der Waals surface area contributed by atoms with Crippen molar-refractivity contribution in [3.63, 3.8) is 0 Å². The second-order valence-corrected chi connectivity index (χ2v) is 12.7. The summed E-state index contributed by atoms with van der Waals surface area (Å²) in [5, 5.41) is 14.5. The smallest absolute Gasteiger partial charge is 0.189 e. The summed E-state index contributed by atoms with van der Waals surface area (Å²) in [6, 6.07) is 7.97. The van der Waals surface area contributed by atoms with Crippen LogP contribution in [0.4, 0.5) is 0 Å². The maximum Gasteiger partial charge on any atom is 0.189 e. The minimum Gasteiger partial charge on any atom is -0.493 e. The molecule has 2 aromatic rings. The Bertz CT molecular complexity index is 1130. The molecule has 0 saturated heterocycles. The van der Waals surface area contributed by atoms with E-state index in [1.807, 2.05) is 55.7 Å². The number of aliphatic hydroxyl groups is 1. The fourth-order valence-corrected chi connectivity index (χ4v) is 6.42. The summed E-state index contributed by atoms with van der Waals surface area (Å²) in [4.78, 5) is 0. The van der Waals surface area contributed by atoms with Crippen LogP contribution in [0.2, 0.25) is 0 Å². The zero-order valence-electron chi connectivity index (χ0n) is 21.0. The fourth-order valence-electron chi connectivity index (χ4n) is 3.63. The molecule has 0 aliphatic carbocycles. The SMILES string of the molecule is C=C/C=C(OCCCCOc1ccccc1-c1csc(Br)c1OCOCC)\C(=C/C)C1=CSC(Br)C1O. The second kappa shape index (κ2) is 15.8. The van der Waals surface area contributed by atoms with Gasteiger partial charge in [0.05, 0.1) is 17.4 Å². The molecule has 1 aromatic heterocycles. The van der Waals surface area contributed by atoms with E-state index in [0.29, 0.717) is 25.6 Å². The number of ether oxygens (including phenoxy) is 4. The predicted octanol–water partition coefficient (Wildman–Crippen LogP) is 8.45. The van der Waals surface area contributed by atoms with Gasteiger partial charge in [0.1, 0.15) is 21.4 Å². The lowest BCUT2D eigenvalue weighted by Crippen LogP contribution is -2.17. The van der Waals surface area contributed by atoms with Gasteiger partial charge in [-0.15, -0.1) is 23.1 Å². The molecule has 200 valence electrons. The van der Waals surface area contributed by atoms with Gasteiger partial charge in [0.25, 0.3) is 0 Å². The molecule has 0 fully saturated rings. The molecule has 1 aromatic carbocycles. The molecule has 2 unspecified atom stereocenters. The van der Waals surface area contributed by atoms with Crippen LogP contribution in [-0.4, -0.2) is 42.0 Å². The normalized spacial score (nSPS) is 18.0. The molecule has 1 N–H and O–H groups in total. The van der Waals surface area contributed by atoms with Gasteiger partial charge < -0.3 is 24.1 Å². The van der Waals surface area contributed by atoms with E-state index in [0.717, 1.165) is 50.4 Å². The Morgan fingerprint density at radius 3 is 2.65 bits per heavy atom. The van der Waals surface area contributed by atoms with Crippen LogP contribution in [0.5, 0.6) is 11.5 Å². The Morgan fingerprint density at radius 2 is 1.95 bits per heavy atom. The lowest BCUT2D eigenvalue weighted by atomic mass is 10.0. The highest BCUT2D eigenvalue weighted by Gasteiger charge is 2.30. The number of aliphatic hydroxyl groups excluding tert-OH is 1. The van der Waals surface area contributed by atoms with Gasteiger partial charge in [-0.3, -0.25) is 0 Å². The molecule has 1 aliphatic rings. The molecular weight excluding hydrogens is 640 g/mol. The van der Waals surface area contributed by atoms with E-state index in [1.54, 1.807) is 29.2 Å². The molecule has 0 bridgehead atoms. The van der Waals surface area contributed by atoms with Gasteiger partial charge in [0.2, 0.25) is 0 Å². The number of benzene rings is 1. The number of rotatable bonds is 15.